The molecule has 31 heavy (non-hydrogen) atoms. The maximum absolute atomic E-state index is 13.5. The van der Waals surface area contributed by atoms with Gasteiger partial charge in [0.25, 0.3) is 21.4 Å². The molecule has 0 radical (unpaired) electrons. The van der Waals surface area contributed by atoms with E-state index in [9.17, 15) is 28.6 Å². The highest BCUT2D eigenvalue weighted by atomic mass is 32.2. The van der Waals surface area contributed by atoms with Crippen LogP contribution in [0.25, 0.3) is 0 Å². The fraction of sp³-hybridized carbons (Fsp3) is 0.429. The Bertz CT molecular complexity index is 1090. The largest absolute Gasteiger partial charge is 0.300 e. The molecule has 0 amide bonds. The van der Waals surface area contributed by atoms with Crippen LogP contribution in [0.15, 0.2) is 35.2 Å². The molecule has 0 atom stereocenters. The molecule has 0 saturated carbocycles. The number of nitrogens with one attached hydrogen (secondary N) is 1. The van der Waals surface area contributed by atoms with E-state index in [0.717, 1.165) is 23.8 Å². The van der Waals surface area contributed by atoms with E-state index in [-0.39, 0.29) is 28.3 Å². The van der Waals surface area contributed by atoms with Gasteiger partial charge in [0, 0.05) is 6.07 Å². The number of nitro benzene ring substituents is 2. The van der Waals surface area contributed by atoms with Gasteiger partial charge in [-0.25, -0.2) is 8.42 Å². The lowest BCUT2D eigenvalue weighted by Gasteiger charge is -2.23. The SMILES string of the molecule is CC(C)c1cc(C(C)C)c(S(=O)(=O)Nc2ccc([N+](=O)[O-])cc2[N+](=O)[O-])c(C(C)C)c1. The van der Waals surface area contributed by atoms with E-state index in [4.69, 9.17) is 0 Å². The topological polar surface area (TPSA) is 132 Å². The first-order chi connectivity index (χ1) is 14.3. The lowest BCUT2D eigenvalue weighted by atomic mass is 9.89. The van der Waals surface area contributed by atoms with Gasteiger partial charge in [-0.3, -0.25) is 25.0 Å². The summed E-state index contributed by atoms with van der Waals surface area (Å²) in [6, 6.07) is 6.53. The normalized spacial score (nSPS) is 11.9. The standard InChI is InChI=1S/C21H27N3O6S/c1-12(2)15-9-17(13(3)4)21(18(10-15)14(5)6)31(29,30)22-19-8-7-16(23(25)26)11-20(19)24(27)28/h7-14,22H,1-6H3. The predicted octanol–water partition coefficient (Wildman–Crippen LogP) is 5.67. The summed E-state index contributed by atoms with van der Waals surface area (Å²) in [5, 5.41) is 22.4. The van der Waals surface area contributed by atoms with Crippen molar-refractivity contribution in [1.29, 1.82) is 0 Å². The lowest BCUT2D eigenvalue weighted by molar-refractivity contribution is -0.393. The molecule has 9 nitrogen and oxygen atoms in total. The second-order valence-electron chi connectivity index (χ2n) is 8.31. The Kier molecular flexibility index (Phi) is 7.05. The molecule has 2 aromatic carbocycles. The highest BCUT2D eigenvalue weighted by Crippen LogP contribution is 2.37. The van der Waals surface area contributed by atoms with Crippen molar-refractivity contribution < 1.29 is 18.3 Å². The molecule has 168 valence electrons. The first-order valence-corrected chi connectivity index (χ1v) is 11.4. The molecule has 10 heteroatoms. The first-order valence-electron chi connectivity index (χ1n) is 9.89. The number of benzene rings is 2. The summed E-state index contributed by atoms with van der Waals surface area (Å²) in [6.07, 6.45) is 0. The molecule has 0 bridgehead atoms. The van der Waals surface area contributed by atoms with Crippen molar-refractivity contribution in [3.63, 3.8) is 0 Å². The van der Waals surface area contributed by atoms with Crippen LogP contribution in [-0.4, -0.2) is 18.3 Å². The lowest BCUT2D eigenvalue weighted by Crippen LogP contribution is -2.19. The Balaban J connectivity index is 2.74. The van der Waals surface area contributed by atoms with Crippen LogP contribution < -0.4 is 4.72 Å². The van der Waals surface area contributed by atoms with E-state index >= 15 is 0 Å². The molecule has 0 fully saturated rings. The van der Waals surface area contributed by atoms with E-state index in [1.54, 1.807) is 0 Å². The predicted molar refractivity (Wildman–Crippen MR) is 119 cm³/mol. The van der Waals surface area contributed by atoms with Crippen molar-refractivity contribution in [2.24, 2.45) is 0 Å². The molecule has 1 N–H and O–H groups in total. The molecule has 0 saturated heterocycles. The molecule has 0 aliphatic heterocycles. The molecule has 2 rings (SSSR count). The van der Waals surface area contributed by atoms with Gasteiger partial charge in [0.1, 0.15) is 5.69 Å². The Morgan fingerprint density at radius 3 is 1.71 bits per heavy atom. The van der Waals surface area contributed by atoms with Gasteiger partial charge in [-0.1, -0.05) is 53.7 Å². The van der Waals surface area contributed by atoms with Crippen molar-refractivity contribution in [2.45, 2.75) is 64.2 Å². The van der Waals surface area contributed by atoms with Gasteiger partial charge in [-0.15, -0.1) is 0 Å². The van der Waals surface area contributed by atoms with E-state index in [1.807, 2.05) is 53.7 Å². The molecule has 0 spiro atoms. The molecule has 0 aliphatic rings. The summed E-state index contributed by atoms with van der Waals surface area (Å²) >= 11 is 0. The van der Waals surface area contributed by atoms with Crippen molar-refractivity contribution in [3.05, 3.63) is 67.3 Å². The number of anilines is 1. The summed E-state index contributed by atoms with van der Waals surface area (Å²) in [5.41, 5.74) is 0.731. The number of sulfonamides is 1. The van der Waals surface area contributed by atoms with E-state index < -0.39 is 31.2 Å². The molecular formula is C21H27N3O6S. The maximum atomic E-state index is 13.5. The van der Waals surface area contributed by atoms with Crippen LogP contribution in [0, 0.1) is 20.2 Å². The zero-order valence-electron chi connectivity index (χ0n) is 18.4. The summed E-state index contributed by atoms with van der Waals surface area (Å²) in [4.78, 5) is 20.9. The minimum atomic E-state index is -4.22. The van der Waals surface area contributed by atoms with Crippen LogP contribution in [0.3, 0.4) is 0 Å². The monoisotopic (exact) mass is 449 g/mol. The molecule has 2 aromatic rings. The Hall–Kier alpha value is -3.01. The second kappa shape index (κ2) is 9.01. The Morgan fingerprint density at radius 2 is 1.32 bits per heavy atom. The number of nitro groups is 2. The van der Waals surface area contributed by atoms with Crippen LogP contribution >= 0.6 is 0 Å². The average Bonchev–Trinajstić information content (AvgIpc) is 2.66. The summed E-state index contributed by atoms with van der Waals surface area (Å²) in [7, 11) is -4.22. The van der Waals surface area contributed by atoms with Crippen molar-refractivity contribution in [3.8, 4) is 0 Å². The average molecular weight is 450 g/mol. The van der Waals surface area contributed by atoms with Gasteiger partial charge in [-0.2, -0.15) is 0 Å². The highest BCUT2D eigenvalue weighted by Gasteiger charge is 2.30. The van der Waals surface area contributed by atoms with Gasteiger partial charge in [0.2, 0.25) is 0 Å². The van der Waals surface area contributed by atoms with Crippen molar-refractivity contribution in [1.82, 2.24) is 0 Å². The van der Waals surface area contributed by atoms with E-state index in [1.165, 1.54) is 0 Å². The van der Waals surface area contributed by atoms with Gasteiger partial charge in [0.05, 0.1) is 20.8 Å². The zero-order chi connectivity index (χ0) is 23.7. The van der Waals surface area contributed by atoms with Gasteiger partial charge in [0.15, 0.2) is 0 Å². The van der Waals surface area contributed by atoms with Crippen LogP contribution in [0.1, 0.15) is 76.0 Å². The third kappa shape index (κ3) is 5.19. The Morgan fingerprint density at radius 1 is 0.806 bits per heavy atom. The van der Waals surface area contributed by atoms with Gasteiger partial charge < -0.3 is 0 Å². The number of nitrogens with zero attached hydrogens (tertiary/aromatic N) is 2. The molecule has 0 heterocycles. The molecular weight excluding hydrogens is 422 g/mol. The molecule has 0 unspecified atom stereocenters. The second-order valence-corrected chi connectivity index (χ2v) is 9.93. The highest BCUT2D eigenvalue weighted by molar-refractivity contribution is 7.92. The van der Waals surface area contributed by atoms with Crippen LogP contribution in [0.4, 0.5) is 17.1 Å². The van der Waals surface area contributed by atoms with Gasteiger partial charge >= 0.3 is 0 Å². The minimum Gasteiger partial charge on any atom is -0.273 e. The fourth-order valence-corrected chi connectivity index (χ4v) is 5.04. The third-order valence-electron chi connectivity index (χ3n) is 4.98. The Labute approximate surface area is 181 Å². The first kappa shape index (κ1) is 24.3. The maximum Gasteiger partial charge on any atom is 0.300 e. The van der Waals surface area contributed by atoms with Crippen LogP contribution in [-0.2, 0) is 10.0 Å². The minimum absolute atomic E-state index is 0.0922. The van der Waals surface area contributed by atoms with E-state index in [2.05, 4.69) is 4.72 Å². The van der Waals surface area contributed by atoms with Crippen LogP contribution in [0.5, 0.6) is 0 Å². The number of non-ortho nitro benzene ring substituents is 1. The van der Waals surface area contributed by atoms with Crippen molar-refractivity contribution >= 4 is 27.1 Å². The molecule has 0 aliphatic carbocycles. The summed E-state index contributed by atoms with van der Waals surface area (Å²) in [5.74, 6) is -0.0419. The van der Waals surface area contributed by atoms with Crippen molar-refractivity contribution in [2.75, 3.05) is 4.72 Å². The molecule has 0 aromatic heterocycles. The van der Waals surface area contributed by atoms with Gasteiger partial charge in [-0.05, 0) is 40.5 Å². The third-order valence-corrected chi connectivity index (χ3v) is 6.48. The fourth-order valence-electron chi connectivity index (χ4n) is 3.27. The number of hydrogen-bond donors (Lipinski definition) is 1. The summed E-state index contributed by atoms with van der Waals surface area (Å²) in [6.45, 7) is 11.6. The number of hydrogen-bond acceptors (Lipinski definition) is 6. The van der Waals surface area contributed by atoms with E-state index in [0.29, 0.717) is 11.1 Å². The zero-order valence-corrected chi connectivity index (χ0v) is 19.2. The van der Waals surface area contributed by atoms with Crippen LogP contribution in [0.2, 0.25) is 0 Å². The quantitative estimate of drug-likeness (QED) is 0.407. The summed E-state index contributed by atoms with van der Waals surface area (Å²) < 4.78 is 29.2. The number of rotatable bonds is 8. The smallest absolute Gasteiger partial charge is 0.273 e.